The summed E-state index contributed by atoms with van der Waals surface area (Å²) in [5, 5.41) is 15.2. The summed E-state index contributed by atoms with van der Waals surface area (Å²) >= 11 is 0. The van der Waals surface area contributed by atoms with E-state index in [2.05, 4.69) is 29.5 Å². The van der Waals surface area contributed by atoms with Crippen LogP contribution in [0.1, 0.15) is 32.9 Å². The highest BCUT2D eigenvalue weighted by Gasteiger charge is 2.15. The molecule has 0 fully saturated rings. The second-order valence-electron chi connectivity index (χ2n) is 5.60. The van der Waals surface area contributed by atoms with Gasteiger partial charge in [0.1, 0.15) is 0 Å². The predicted octanol–water partition coefficient (Wildman–Crippen LogP) is 1.97. The van der Waals surface area contributed by atoms with Gasteiger partial charge in [0.05, 0.1) is 0 Å². The number of carbonyl (C=O) groups is 1. The second kappa shape index (κ2) is 9.34. The number of urea groups is 1. The van der Waals surface area contributed by atoms with Crippen LogP contribution in [0.4, 0.5) is 4.79 Å². The molecule has 1 rings (SSSR count). The van der Waals surface area contributed by atoms with Gasteiger partial charge in [-0.1, -0.05) is 26.3 Å². The van der Waals surface area contributed by atoms with Crippen LogP contribution in [-0.4, -0.2) is 35.3 Å². The van der Waals surface area contributed by atoms with Crippen LogP contribution in [0.15, 0.2) is 24.4 Å². The number of hydrogen-bond acceptors (Lipinski definition) is 3. The maximum absolute atomic E-state index is 11.8. The molecule has 3 atom stereocenters. The van der Waals surface area contributed by atoms with Gasteiger partial charge in [-0.25, -0.2) is 4.79 Å². The van der Waals surface area contributed by atoms with Gasteiger partial charge < -0.3 is 15.7 Å². The molecular formula is C16H27N3O2. The number of nitrogens with zero attached hydrogens (tertiary/aromatic N) is 1. The highest BCUT2D eigenvalue weighted by Crippen LogP contribution is 2.07. The lowest BCUT2D eigenvalue weighted by molar-refractivity contribution is 0.210. The lowest BCUT2D eigenvalue weighted by Crippen LogP contribution is -2.45. The number of aliphatic hydroxyl groups is 1. The molecule has 0 aromatic carbocycles. The summed E-state index contributed by atoms with van der Waals surface area (Å²) < 4.78 is 0. The number of nitrogens with one attached hydrogen (secondary N) is 2. The molecule has 1 aromatic heterocycles. The molecule has 21 heavy (non-hydrogen) atoms. The van der Waals surface area contributed by atoms with E-state index in [1.807, 2.05) is 25.1 Å². The van der Waals surface area contributed by atoms with Gasteiger partial charge in [0.15, 0.2) is 0 Å². The Kier molecular flexibility index (Phi) is 7.75. The van der Waals surface area contributed by atoms with Gasteiger partial charge in [-0.05, 0) is 31.4 Å². The smallest absolute Gasteiger partial charge is 0.315 e. The Morgan fingerprint density at radius 2 is 2.14 bits per heavy atom. The highest BCUT2D eigenvalue weighted by molar-refractivity contribution is 5.74. The minimum Gasteiger partial charge on any atom is -0.396 e. The van der Waals surface area contributed by atoms with Crippen LogP contribution in [-0.2, 0) is 6.42 Å². The van der Waals surface area contributed by atoms with Crippen molar-refractivity contribution in [2.45, 2.75) is 39.7 Å². The Morgan fingerprint density at radius 3 is 2.71 bits per heavy atom. The Labute approximate surface area is 127 Å². The molecule has 3 unspecified atom stereocenters. The van der Waals surface area contributed by atoms with Crippen molar-refractivity contribution in [2.75, 3.05) is 13.2 Å². The first-order valence-corrected chi connectivity index (χ1v) is 7.61. The zero-order valence-corrected chi connectivity index (χ0v) is 13.2. The average molecular weight is 293 g/mol. The summed E-state index contributed by atoms with van der Waals surface area (Å²) in [5.74, 6) is 0.419. The van der Waals surface area contributed by atoms with Gasteiger partial charge in [-0.2, -0.15) is 0 Å². The van der Waals surface area contributed by atoms with Crippen LogP contribution in [0.5, 0.6) is 0 Å². The van der Waals surface area contributed by atoms with E-state index in [1.165, 1.54) is 0 Å². The van der Waals surface area contributed by atoms with Gasteiger partial charge in [0, 0.05) is 37.0 Å². The number of amides is 2. The van der Waals surface area contributed by atoms with E-state index in [9.17, 15) is 9.90 Å². The maximum Gasteiger partial charge on any atom is 0.315 e. The van der Waals surface area contributed by atoms with E-state index < -0.39 is 0 Å². The van der Waals surface area contributed by atoms with Crippen molar-refractivity contribution < 1.29 is 9.90 Å². The summed E-state index contributed by atoms with van der Waals surface area (Å²) in [5.41, 5.74) is 0.923. The summed E-state index contributed by atoms with van der Waals surface area (Å²) in [6, 6.07) is 5.67. The Bertz CT molecular complexity index is 411. The van der Waals surface area contributed by atoms with Crippen molar-refractivity contribution in [3.63, 3.8) is 0 Å². The highest BCUT2D eigenvalue weighted by atomic mass is 16.3. The zero-order valence-electron chi connectivity index (χ0n) is 13.2. The number of rotatable bonds is 8. The fourth-order valence-corrected chi connectivity index (χ4v) is 2.01. The largest absolute Gasteiger partial charge is 0.396 e. The molecule has 0 saturated heterocycles. The number of pyridine rings is 1. The Morgan fingerprint density at radius 1 is 1.38 bits per heavy atom. The number of aliphatic hydroxyl groups excluding tert-OH is 1. The lowest BCUT2D eigenvalue weighted by atomic mass is 10.0. The van der Waals surface area contributed by atoms with E-state index in [0.29, 0.717) is 18.9 Å². The molecule has 0 bridgehead atoms. The van der Waals surface area contributed by atoms with Crippen molar-refractivity contribution in [2.24, 2.45) is 11.8 Å². The van der Waals surface area contributed by atoms with Gasteiger partial charge in [0.2, 0.25) is 0 Å². The molecule has 0 spiro atoms. The Balaban J connectivity index is 2.36. The summed E-state index contributed by atoms with van der Waals surface area (Å²) in [6.07, 6.45) is 3.41. The first-order valence-electron chi connectivity index (χ1n) is 7.61. The average Bonchev–Trinajstić information content (AvgIpc) is 2.51. The molecule has 5 heteroatoms. The normalized spacial score (nSPS) is 15.0. The third-order valence-corrected chi connectivity index (χ3v) is 3.89. The zero-order chi connectivity index (χ0) is 15.7. The molecule has 0 aliphatic carbocycles. The molecule has 0 saturated carbocycles. The molecule has 3 N–H and O–H groups in total. The van der Waals surface area contributed by atoms with Gasteiger partial charge in [0.25, 0.3) is 0 Å². The van der Waals surface area contributed by atoms with Crippen molar-refractivity contribution in [1.82, 2.24) is 15.6 Å². The van der Waals surface area contributed by atoms with Crippen LogP contribution in [0.2, 0.25) is 0 Å². The molecule has 1 heterocycles. The fourth-order valence-electron chi connectivity index (χ4n) is 2.01. The minimum absolute atomic E-state index is 0.0236. The fraction of sp³-hybridized carbons (Fsp3) is 0.625. The lowest BCUT2D eigenvalue weighted by Gasteiger charge is -2.21. The van der Waals surface area contributed by atoms with E-state index in [1.54, 1.807) is 6.20 Å². The van der Waals surface area contributed by atoms with Gasteiger partial charge in [-0.3, -0.25) is 4.98 Å². The third kappa shape index (κ3) is 6.58. The molecule has 0 radical (unpaired) electrons. The molecule has 118 valence electrons. The van der Waals surface area contributed by atoms with Crippen LogP contribution in [0.3, 0.4) is 0 Å². The van der Waals surface area contributed by atoms with Crippen LogP contribution in [0, 0.1) is 11.8 Å². The van der Waals surface area contributed by atoms with E-state index in [4.69, 9.17) is 0 Å². The summed E-state index contributed by atoms with van der Waals surface area (Å²) in [7, 11) is 0. The molecule has 5 nitrogen and oxygen atoms in total. The number of aromatic nitrogens is 1. The van der Waals surface area contributed by atoms with Crippen LogP contribution in [0.25, 0.3) is 0 Å². The standard InChI is InChI=1S/C16H27N3O2/c1-4-12(2)13(3)19-16(21)18-10-14(11-20)9-15-7-5-6-8-17-15/h5-8,12-14,20H,4,9-11H2,1-3H3,(H2,18,19,21). The summed E-state index contributed by atoms with van der Waals surface area (Å²) in [6.45, 7) is 6.69. The topological polar surface area (TPSA) is 74.2 Å². The van der Waals surface area contributed by atoms with E-state index >= 15 is 0 Å². The van der Waals surface area contributed by atoms with E-state index in [0.717, 1.165) is 12.1 Å². The van der Waals surface area contributed by atoms with Gasteiger partial charge in [-0.15, -0.1) is 0 Å². The molecule has 0 aliphatic rings. The monoisotopic (exact) mass is 293 g/mol. The number of carbonyl (C=O) groups excluding carboxylic acids is 1. The maximum atomic E-state index is 11.8. The molecular weight excluding hydrogens is 266 g/mol. The first-order chi connectivity index (χ1) is 10.1. The Hall–Kier alpha value is -1.62. The van der Waals surface area contributed by atoms with Crippen molar-refractivity contribution in [3.8, 4) is 0 Å². The molecule has 1 aromatic rings. The third-order valence-electron chi connectivity index (χ3n) is 3.89. The van der Waals surface area contributed by atoms with Crippen molar-refractivity contribution in [1.29, 1.82) is 0 Å². The SMILES string of the molecule is CCC(C)C(C)NC(=O)NCC(CO)Cc1ccccn1. The first kappa shape index (κ1) is 17.4. The molecule has 2 amide bonds. The number of hydrogen-bond donors (Lipinski definition) is 3. The summed E-state index contributed by atoms with van der Waals surface area (Å²) in [4.78, 5) is 16.1. The van der Waals surface area contributed by atoms with Crippen molar-refractivity contribution >= 4 is 6.03 Å². The second-order valence-corrected chi connectivity index (χ2v) is 5.60. The minimum atomic E-state index is -0.178. The van der Waals surface area contributed by atoms with E-state index in [-0.39, 0.29) is 24.6 Å². The predicted molar refractivity (Wildman–Crippen MR) is 84.0 cm³/mol. The van der Waals surface area contributed by atoms with Crippen LogP contribution >= 0.6 is 0 Å². The van der Waals surface area contributed by atoms with Crippen LogP contribution < -0.4 is 10.6 Å². The quantitative estimate of drug-likeness (QED) is 0.686. The van der Waals surface area contributed by atoms with Gasteiger partial charge >= 0.3 is 6.03 Å². The van der Waals surface area contributed by atoms with Crippen molar-refractivity contribution in [3.05, 3.63) is 30.1 Å². The molecule has 0 aliphatic heterocycles.